The molecular weight excluding hydrogens is 300 g/mol. The van der Waals surface area contributed by atoms with Gasteiger partial charge in [0.1, 0.15) is 0 Å². The molecule has 0 saturated carbocycles. The highest BCUT2D eigenvalue weighted by atomic mass is 32.2. The summed E-state index contributed by atoms with van der Waals surface area (Å²) in [5.41, 5.74) is 1.65. The van der Waals surface area contributed by atoms with Crippen molar-refractivity contribution in [2.24, 2.45) is 0 Å². The molecule has 0 aromatic heterocycles. The summed E-state index contributed by atoms with van der Waals surface area (Å²) in [5.74, 6) is 0.0910. The van der Waals surface area contributed by atoms with Crippen molar-refractivity contribution >= 4 is 20.0 Å². The summed E-state index contributed by atoms with van der Waals surface area (Å²) in [6, 6.07) is 7.09. The predicted molar refractivity (Wildman–Crippen MR) is 79.0 cm³/mol. The zero-order chi connectivity index (χ0) is 15.2. The van der Waals surface area contributed by atoms with E-state index in [-0.39, 0.29) is 24.6 Å². The van der Waals surface area contributed by atoms with E-state index in [4.69, 9.17) is 0 Å². The standard InChI is InChI=1S/C12H20N2O4S2/c1-3-19(15,16)13-9-11-5-7-12(8-6-11)10-14-20(17,18)4-2/h5-8,13-14H,3-4,9-10H2,1-2H3. The molecule has 0 aliphatic heterocycles. The summed E-state index contributed by atoms with van der Waals surface area (Å²) in [4.78, 5) is 0. The van der Waals surface area contributed by atoms with E-state index in [9.17, 15) is 16.8 Å². The Balaban J connectivity index is 2.57. The van der Waals surface area contributed by atoms with E-state index in [2.05, 4.69) is 9.44 Å². The van der Waals surface area contributed by atoms with Crippen molar-refractivity contribution in [3.05, 3.63) is 35.4 Å². The number of hydrogen-bond donors (Lipinski definition) is 2. The average Bonchev–Trinajstić information content (AvgIpc) is 2.44. The van der Waals surface area contributed by atoms with Gasteiger partial charge in [0.2, 0.25) is 20.0 Å². The Labute approximate surface area is 120 Å². The molecule has 0 amide bonds. The van der Waals surface area contributed by atoms with Crippen LogP contribution in [0.1, 0.15) is 25.0 Å². The minimum Gasteiger partial charge on any atom is -0.212 e. The number of hydrogen-bond acceptors (Lipinski definition) is 4. The summed E-state index contributed by atoms with van der Waals surface area (Å²) in [7, 11) is -6.40. The van der Waals surface area contributed by atoms with Crippen molar-refractivity contribution in [2.75, 3.05) is 11.5 Å². The second kappa shape index (κ2) is 7.16. The molecule has 114 valence electrons. The first-order chi connectivity index (χ1) is 9.28. The number of rotatable bonds is 8. The minimum absolute atomic E-state index is 0.0455. The first-order valence-corrected chi connectivity index (χ1v) is 9.61. The molecular formula is C12H20N2O4S2. The lowest BCUT2D eigenvalue weighted by molar-refractivity contribution is 0.580. The first kappa shape index (κ1) is 17.1. The van der Waals surface area contributed by atoms with E-state index < -0.39 is 20.0 Å². The molecule has 6 nitrogen and oxygen atoms in total. The Morgan fingerprint density at radius 1 is 0.750 bits per heavy atom. The predicted octanol–water partition coefficient (Wildman–Crippen LogP) is 0.565. The maximum atomic E-state index is 11.3. The van der Waals surface area contributed by atoms with Gasteiger partial charge in [-0.2, -0.15) is 0 Å². The van der Waals surface area contributed by atoms with E-state index in [1.807, 2.05) is 0 Å². The highest BCUT2D eigenvalue weighted by molar-refractivity contribution is 7.89. The van der Waals surface area contributed by atoms with Gasteiger partial charge >= 0.3 is 0 Å². The van der Waals surface area contributed by atoms with Gasteiger partial charge < -0.3 is 0 Å². The molecule has 0 radical (unpaired) electrons. The van der Waals surface area contributed by atoms with Crippen LogP contribution in [-0.2, 0) is 33.1 Å². The lowest BCUT2D eigenvalue weighted by Gasteiger charge is -2.07. The van der Waals surface area contributed by atoms with E-state index in [0.29, 0.717) is 0 Å². The molecule has 20 heavy (non-hydrogen) atoms. The molecule has 8 heteroatoms. The maximum Gasteiger partial charge on any atom is 0.211 e. The van der Waals surface area contributed by atoms with Crippen LogP contribution in [-0.4, -0.2) is 28.3 Å². The van der Waals surface area contributed by atoms with E-state index in [0.717, 1.165) is 11.1 Å². The average molecular weight is 320 g/mol. The largest absolute Gasteiger partial charge is 0.212 e. The van der Waals surface area contributed by atoms with Gasteiger partial charge in [-0.1, -0.05) is 24.3 Å². The van der Waals surface area contributed by atoms with E-state index >= 15 is 0 Å². The first-order valence-electron chi connectivity index (χ1n) is 6.30. The summed E-state index contributed by atoms with van der Waals surface area (Å²) in [6.45, 7) is 3.62. The van der Waals surface area contributed by atoms with Crippen LogP contribution in [0.4, 0.5) is 0 Å². The van der Waals surface area contributed by atoms with Crippen LogP contribution in [0, 0.1) is 0 Å². The molecule has 0 spiro atoms. The quantitative estimate of drug-likeness (QED) is 0.732. The molecule has 0 saturated heterocycles. The van der Waals surface area contributed by atoms with Crippen molar-refractivity contribution in [3.63, 3.8) is 0 Å². The van der Waals surface area contributed by atoms with Crippen molar-refractivity contribution in [2.45, 2.75) is 26.9 Å². The van der Waals surface area contributed by atoms with Crippen molar-refractivity contribution in [1.82, 2.24) is 9.44 Å². The molecule has 2 N–H and O–H groups in total. The number of sulfonamides is 2. The van der Waals surface area contributed by atoms with Crippen LogP contribution in [0.25, 0.3) is 0 Å². The summed E-state index contributed by atoms with van der Waals surface area (Å²) < 4.78 is 50.1. The third kappa shape index (κ3) is 6.00. The van der Waals surface area contributed by atoms with E-state index in [1.165, 1.54) is 0 Å². The van der Waals surface area contributed by atoms with Gasteiger partial charge in [0.25, 0.3) is 0 Å². The zero-order valence-electron chi connectivity index (χ0n) is 11.6. The van der Waals surface area contributed by atoms with Crippen LogP contribution >= 0.6 is 0 Å². The Hall–Kier alpha value is -0.960. The van der Waals surface area contributed by atoms with Crippen LogP contribution < -0.4 is 9.44 Å². The highest BCUT2D eigenvalue weighted by Crippen LogP contribution is 2.05. The topological polar surface area (TPSA) is 92.3 Å². The molecule has 0 unspecified atom stereocenters. The fourth-order valence-electron chi connectivity index (χ4n) is 1.37. The maximum absolute atomic E-state index is 11.3. The molecule has 0 fully saturated rings. The van der Waals surface area contributed by atoms with Crippen LogP contribution in [0.3, 0.4) is 0 Å². The molecule has 0 heterocycles. The van der Waals surface area contributed by atoms with Gasteiger partial charge in [-0.05, 0) is 25.0 Å². The minimum atomic E-state index is -3.20. The van der Waals surface area contributed by atoms with Gasteiger partial charge in [0.05, 0.1) is 11.5 Å². The molecule has 1 aromatic carbocycles. The van der Waals surface area contributed by atoms with Gasteiger partial charge in [0, 0.05) is 13.1 Å². The van der Waals surface area contributed by atoms with Crippen molar-refractivity contribution in [3.8, 4) is 0 Å². The Morgan fingerprint density at radius 2 is 1.05 bits per heavy atom. The van der Waals surface area contributed by atoms with Gasteiger partial charge in [-0.15, -0.1) is 0 Å². The molecule has 1 aromatic rings. The fourth-order valence-corrected chi connectivity index (χ4v) is 2.55. The van der Waals surface area contributed by atoms with E-state index in [1.54, 1.807) is 38.1 Å². The Kier molecular flexibility index (Phi) is 6.12. The second-order valence-electron chi connectivity index (χ2n) is 4.27. The lowest BCUT2D eigenvalue weighted by atomic mass is 10.1. The molecule has 0 aliphatic carbocycles. The molecule has 0 aliphatic rings. The molecule has 0 bridgehead atoms. The SMILES string of the molecule is CCS(=O)(=O)NCc1ccc(CNS(=O)(=O)CC)cc1. The lowest BCUT2D eigenvalue weighted by Crippen LogP contribution is -2.25. The second-order valence-corrected chi connectivity index (χ2v) is 8.46. The van der Waals surface area contributed by atoms with Crippen LogP contribution in [0.5, 0.6) is 0 Å². The smallest absolute Gasteiger partial charge is 0.211 e. The van der Waals surface area contributed by atoms with Crippen LogP contribution in [0.2, 0.25) is 0 Å². The monoisotopic (exact) mass is 320 g/mol. The van der Waals surface area contributed by atoms with Crippen molar-refractivity contribution < 1.29 is 16.8 Å². The molecule has 1 rings (SSSR count). The number of benzene rings is 1. The third-order valence-electron chi connectivity index (χ3n) is 2.78. The third-order valence-corrected chi connectivity index (χ3v) is 5.46. The summed E-state index contributed by atoms with van der Waals surface area (Å²) in [6.07, 6.45) is 0. The van der Waals surface area contributed by atoms with Gasteiger partial charge in [0.15, 0.2) is 0 Å². The van der Waals surface area contributed by atoms with Crippen molar-refractivity contribution in [1.29, 1.82) is 0 Å². The summed E-state index contributed by atoms with van der Waals surface area (Å²) >= 11 is 0. The van der Waals surface area contributed by atoms with Gasteiger partial charge in [-0.25, -0.2) is 26.3 Å². The summed E-state index contributed by atoms with van der Waals surface area (Å²) in [5, 5.41) is 0. The zero-order valence-corrected chi connectivity index (χ0v) is 13.2. The normalized spacial score (nSPS) is 12.5. The highest BCUT2D eigenvalue weighted by Gasteiger charge is 2.07. The number of nitrogens with one attached hydrogen (secondary N) is 2. The Bertz CT molecular complexity index is 565. The fraction of sp³-hybridized carbons (Fsp3) is 0.500. The van der Waals surface area contributed by atoms with Gasteiger partial charge in [-0.3, -0.25) is 0 Å². The molecule has 0 atom stereocenters. The van der Waals surface area contributed by atoms with Crippen LogP contribution in [0.15, 0.2) is 24.3 Å². The Morgan fingerprint density at radius 3 is 1.30 bits per heavy atom.